The predicted molar refractivity (Wildman–Crippen MR) is 72.5 cm³/mol. The van der Waals surface area contributed by atoms with Crippen molar-refractivity contribution in [1.82, 2.24) is 9.88 Å². The van der Waals surface area contributed by atoms with Gasteiger partial charge in [-0.2, -0.15) is 0 Å². The molecule has 1 aromatic heterocycles. The van der Waals surface area contributed by atoms with Gasteiger partial charge in [0.2, 0.25) is 5.91 Å². The first-order chi connectivity index (χ1) is 9.20. The molecule has 4 heteroatoms. The van der Waals surface area contributed by atoms with E-state index in [2.05, 4.69) is 4.98 Å². The zero-order valence-electron chi connectivity index (χ0n) is 11.3. The fourth-order valence-corrected chi connectivity index (χ4v) is 2.53. The number of rotatable bonds is 4. The van der Waals surface area contributed by atoms with E-state index in [0.29, 0.717) is 31.7 Å². The standard InChI is InChI=1S/C15H20N2O2/c1-2-14(18)13-5-8-17(9-6-13)15(19)10-12-4-3-7-16-11-12/h3-4,7,11,13H,2,5-6,8-10H2,1H3. The topological polar surface area (TPSA) is 50.3 Å². The van der Waals surface area contributed by atoms with Crippen LogP contribution in [0.3, 0.4) is 0 Å². The monoisotopic (exact) mass is 260 g/mol. The number of ketones is 1. The minimum absolute atomic E-state index is 0.135. The van der Waals surface area contributed by atoms with Gasteiger partial charge in [0.15, 0.2) is 0 Å². The van der Waals surface area contributed by atoms with Crippen molar-refractivity contribution in [3.05, 3.63) is 30.1 Å². The van der Waals surface area contributed by atoms with Gasteiger partial charge < -0.3 is 4.90 Å². The fraction of sp³-hybridized carbons (Fsp3) is 0.533. The van der Waals surface area contributed by atoms with Gasteiger partial charge in [-0.1, -0.05) is 13.0 Å². The van der Waals surface area contributed by atoms with Crippen LogP contribution in [0.15, 0.2) is 24.5 Å². The second kappa shape index (κ2) is 6.45. The molecule has 0 bridgehead atoms. The Morgan fingerprint density at radius 3 is 2.68 bits per heavy atom. The molecular formula is C15H20N2O2. The van der Waals surface area contributed by atoms with Gasteiger partial charge in [-0.15, -0.1) is 0 Å². The van der Waals surface area contributed by atoms with E-state index < -0.39 is 0 Å². The average molecular weight is 260 g/mol. The van der Waals surface area contributed by atoms with E-state index >= 15 is 0 Å². The number of piperidine rings is 1. The Labute approximate surface area is 113 Å². The van der Waals surface area contributed by atoms with E-state index in [1.807, 2.05) is 24.0 Å². The molecule has 1 aromatic rings. The van der Waals surface area contributed by atoms with Crippen molar-refractivity contribution in [3.8, 4) is 0 Å². The van der Waals surface area contributed by atoms with Crippen LogP contribution < -0.4 is 0 Å². The average Bonchev–Trinajstić information content (AvgIpc) is 2.47. The Bertz CT molecular complexity index is 437. The zero-order valence-corrected chi connectivity index (χ0v) is 11.3. The van der Waals surface area contributed by atoms with Gasteiger partial charge in [0, 0.05) is 37.8 Å². The molecule has 2 rings (SSSR count). The van der Waals surface area contributed by atoms with E-state index in [0.717, 1.165) is 18.4 Å². The third kappa shape index (κ3) is 3.63. The lowest BCUT2D eigenvalue weighted by atomic mass is 9.91. The molecule has 0 N–H and O–H groups in total. The number of likely N-dealkylation sites (tertiary alicyclic amines) is 1. The molecule has 0 radical (unpaired) electrons. The van der Waals surface area contributed by atoms with Crippen molar-refractivity contribution in [3.63, 3.8) is 0 Å². The number of amides is 1. The van der Waals surface area contributed by atoms with Crippen molar-refractivity contribution in [2.45, 2.75) is 32.6 Å². The van der Waals surface area contributed by atoms with Crippen LogP contribution >= 0.6 is 0 Å². The summed E-state index contributed by atoms with van der Waals surface area (Å²) >= 11 is 0. The van der Waals surface area contributed by atoms with Gasteiger partial charge in [0.25, 0.3) is 0 Å². The number of Topliss-reactive ketones (excluding diaryl/α,β-unsaturated/α-hetero) is 1. The van der Waals surface area contributed by atoms with E-state index in [1.165, 1.54) is 0 Å². The van der Waals surface area contributed by atoms with E-state index in [9.17, 15) is 9.59 Å². The minimum Gasteiger partial charge on any atom is -0.342 e. The first kappa shape index (κ1) is 13.7. The maximum Gasteiger partial charge on any atom is 0.227 e. The Balaban J connectivity index is 1.84. The number of hydrogen-bond donors (Lipinski definition) is 0. The maximum atomic E-state index is 12.1. The highest BCUT2D eigenvalue weighted by Gasteiger charge is 2.26. The number of pyridine rings is 1. The normalized spacial score (nSPS) is 16.4. The smallest absolute Gasteiger partial charge is 0.227 e. The molecule has 2 heterocycles. The van der Waals surface area contributed by atoms with Crippen molar-refractivity contribution in [2.75, 3.05) is 13.1 Å². The maximum absolute atomic E-state index is 12.1. The lowest BCUT2D eigenvalue weighted by molar-refractivity contribution is -0.134. The molecule has 0 aromatic carbocycles. The largest absolute Gasteiger partial charge is 0.342 e. The molecule has 1 saturated heterocycles. The molecule has 1 fully saturated rings. The molecule has 0 spiro atoms. The second-order valence-electron chi connectivity index (χ2n) is 5.01. The summed E-state index contributed by atoms with van der Waals surface area (Å²) in [5, 5.41) is 0. The highest BCUT2D eigenvalue weighted by atomic mass is 16.2. The molecule has 1 aliphatic rings. The molecule has 0 atom stereocenters. The van der Waals surface area contributed by atoms with E-state index in [1.54, 1.807) is 12.4 Å². The summed E-state index contributed by atoms with van der Waals surface area (Å²) in [6, 6.07) is 3.76. The first-order valence-corrected chi connectivity index (χ1v) is 6.90. The van der Waals surface area contributed by atoms with Crippen LogP contribution in [-0.4, -0.2) is 34.7 Å². The van der Waals surface area contributed by atoms with Crippen LogP contribution in [-0.2, 0) is 16.0 Å². The minimum atomic E-state index is 0.135. The van der Waals surface area contributed by atoms with Gasteiger partial charge in [-0.3, -0.25) is 14.6 Å². The molecule has 0 unspecified atom stereocenters. The molecule has 102 valence electrons. The van der Waals surface area contributed by atoms with Crippen LogP contribution in [0.5, 0.6) is 0 Å². The van der Waals surface area contributed by atoms with Gasteiger partial charge in [-0.25, -0.2) is 0 Å². The number of nitrogens with zero attached hydrogens (tertiary/aromatic N) is 2. The zero-order chi connectivity index (χ0) is 13.7. The fourth-order valence-electron chi connectivity index (χ4n) is 2.53. The van der Waals surface area contributed by atoms with Gasteiger partial charge in [0.1, 0.15) is 5.78 Å². The second-order valence-corrected chi connectivity index (χ2v) is 5.01. The summed E-state index contributed by atoms with van der Waals surface area (Å²) in [5.74, 6) is 0.627. The summed E-state index contributed by atoms with van der Waals surface area (Å²) < 4.78 is 0. The van der Waals surface area contributed by atoms with Gasteiger partial charge >= 0.3 is 0 Å². The summed E-state index contributed by atoms with van der Waals surface area (Å²) in [6.07, 6.45) is 6.06. The number of carbonyl (C=O) groups excluding carboxylic acids is 2. The van der Waals surface area contributed by atoms with E-state index in [-0.39, 0.29) is 11.8 Å². The third-order valence-corrected chi connectivity index (χ3v) is 3.73. The van der Waals surface area contributed by atoms with Gasteiger partial charge in [0.05, 0.1) is 6.42 Å². The van der Waals surface area contributed by atoms with Crippen LogP contribution in [0, 0.1) is 5.92 Å². The Kier molecular flexibility index (Phi) is 4.66. The Hall–Kier alpha value is -1.71. The van der Waals surface area contributed by atoms with Crippen LogP contribution in [0.25, 0.3) is 0 Å². The van der Waals surface area contributed by atoms with Crippen LogP contribution in [0.2, 0.25) is 0 Å². The first-order valence-electron chi connectivity index (χ1n) is 6.90. The molecule has 0 saturated carbocycles. The molecule has 19 heavy (non-hydrogen) atoms. The molecule has 1 amide bonds. The molecule has 1 aliphatic heterocycles. The predicted octanol–water partition coefficient (Wildman–Crippen LogP) is 1.84. The van der Waals surface area contributed by atoms with Crippen LogP contribution in [0.1, 0.15) is 31.7 Å². The van der Waals surface area contributed by atoms with Crippen LogP contribution in [0.4, 0.5) is 0 Å². The number of carbonyl (C=O) groups is 2. The molecular weight excluding hydrogens is 240 g/mol. The Morgan fingerprint density at radius 2 is 2.11 bits per heavy atom. The highest BCUT2D eigenvalue weighted by Crippen LogP contribution is 2.19. The quantitative estimate of drug-likeness (QED) is 0.830. The lowest BCUT2D eigenvalue weighted by Crippen LogP contribution is -2.40. The number of aromatic nitrogens is 1. The third-order valence-electron chi connectivity index (χ3n) is 3.73. The van der Waals surface area contributed by atoms with Crippen molar-refractivity contribution < 1.29 is 9.59 Å². The van der Waals surface area contributed by atoms with Crippen molar-refractivity contribution in [2.24, 2.45) is 5.92 Å². The molecule has 0 aliphatic carbocycles. The number of hydrogen-bond acceptors (Lipinski definition) is 3. The van der Waals surface area contributed by atoms with Crippen molar-refractivity contribution in [1.29, 1.82) is 0 Å². The summed E-state index contributed by atoms with van der Waals surface area (Å²) in [5.41, 5.74) is 0.944. The SMILES string of the molecule is CCC(=O)C1CCN(C(=O)Cc2cccnc2)CC1. The Morgan fingerprint density at radius 1 is 1.37 bits per heavy atom. The highest BCUT2D eigenvalue weighted by molar-refractivity contribution is 5.82. The van der Waals surface area contributed by atoms with E-state index in [4.69, 9.17) is 0 Å². The summed E-state index contributed by atoms with van der Waals surface area (Å²) in [6.45, 7) is 3.31. The lowest BCUT2D eigenvalue weighted by Gasteiger charge is -2.31. The summed E-state index contributed by atoms with van der Waals surface area (Å²) in [4.78, 5) is 29.6. The van der Waals surface area contributed by atoms with Gasteiger partial charge in [-0.05, 0) is 24.5 Å². The summed E-state index contributed by atoms with van der Waals surface area (Å²) in [7, 11) is 0. The molecule has 4 nitrogen and oxygen atoms in total. The van der Waals surface area contributed by atoms with Crippen molar-refractivity contribution >= 4 is 11.7 Å².